The quantitative estimate of drug-likeness (QED) is 0.728. The highest BCUT2D eigenvalue weighted by Crippen LogP contribution is 2.14. The summed E-state index contributed by atoms with van der Waals surface area (Å²) in [6, 6.07) is 0. The molecule has 0 aromatic rings. The minimum atomic E-state index is 0.712. The number of aliphatic imine (C=N–C) groups is 1. The molecule has 1 rings (SSSR count). The second-order valence-corrected chi connectivity index (χ2v) is 3.08. The van der Waals surface area contributed by atoms with E-state index in [9.17, 15) is 0 Å². The van der Waals surface area contributed by atoms with E-state index >= 15 is 0 Å². The van der Waals surface area contributed by atoms with Crippen molar-refractivity contribution in [2.45, 2.75) is 6.42 Å². The zero-order chi connectivity index (χ0) is 11.1. The van der Waals surface area contributed by atoms with E-state index < -0.39 is 0 Å². The Labute approximate surface area is 91.1 Å². The molecule has 0 amide bonds. The van der Waals surface area contributed by atoms with Crippen LogP contribution in [0.4, 0.5) is 0 Å². The van der Waals surface area contributed by atoms with Crippen molar-refractivity contribution in [2.75, 3.05) is 7.05 Å². The highest BCUT2D eigenvalue weighted by Gasteiger charge is 2.02. The first-order chi connectivity index (χ1) is 7.29. The van der Waals surface area contributed by atoms with Crippen molar-refractivity contribution in [3.63, 3.8) is 0 Å². The Morgan fingerprint density at radius 1 is 1.47 bits per heavy atom. The number of rotatable bonds is 2. The summed E-state index contributed by atoms with van der Waals surface area (Å²) in [5.41, 5.74) is 2.63. The molecule has 2 heteroatoms. The van der Waals surface area contributed by atoms with Gasteiger partial charge >= 0.3 is 0 Å². The summed E-state index contributed by atoms with van der Waals surface area (Å²) in [4.78, 5) is 4.23. The van der Waals surface area contributed by atoms with E-state index in [1.807, 2.05) is 25.3 Å². The van der Waals surface area contributed by atoms with Gasteiger partial charge in [0.25, 0.3) is 0 Å². The fourth-order valence-electron chi connectivity index (χ4n) is 1.32. The van der Waals surface area contributed by atoms with E-state index in [-0.39, 0.29) is 0 Å². The van der Waals surface area contributed by atoms with Crippen molar-refractivity contribution in [2.24, 2.45) is 4.99 Å². The predicted molar refractivity (Wildman–Crippen MR) is 66.8 cm³/mol. The summed E-state index contributed by atoms with van der Waals surface area (Å²) in [6.07, 6.45) is 12.5. The number of nitrogens with zero attached hydrogens (tertiary/aromatic N) is 1. The second kappa shape index (κ2) is 5.81. The summed E-state index contributed by atoms with van der Waals surface area (Å²) in [7, 11) is 1.86. The second-order valence-electron chi connectivity index (χ2n) is 3.08. The molecule has 0 aromatic carbocycles. The van der Waals surface area contributed by atoms with Gasteiger partial charge < -0.3 is 5.32 Å². The molecule has 0 saturated carbocycles. The number of nitrogens with one attached hydrogen (secondary N) is 1. The average molecular weight is 200 g/mol. The molecular formula is C13H16N2. The van der Waals surface area contributed by atoms with Gasteiger partial charge in [-0.05, 0) is 18.1 Å². The third-order valence-electron chi connectivity index (χ3n) is 2.07. The van der Waals surface area contributed by atoms with Crippen molar-refractivity contribution in [1.82, 2.24) is 5.32 Å². The lowest BCUT2D eigenvalue weighted by Gasteiger charge is -2.09. The summed E-state index contributed by atoms with van der Waals surface area (Å²) in [6.45, 7) is 7.69. The lowest BCUT2D eigenvalue weighted by atomic mass is 10.1. The SMILES string of the molecule is C=CC1=C(\NC)C(=C)N=C/C=C\C/C=C\1. The topological polar surface area (TPSA) is 24.4 Å². The van der Waals surface area contributed by atoms with Crippen LogP contribution in [0.15, 0.2) is 65.5 Å². The molecule has 1 aliphatic rings. The maximum atomic E-state index is 4.23. The van der Waals surface area contributed by atoms with Crippen LogP contribution in [0, 0.1) is 0 Å². The van der Waals surface area contributed by atoms with Crippen LogP contribution in [-0.2, 0) is 0 Å². The lowest BCUT2D eigenvalue weighted by Crippen LogP contribution is -2.09. The molecule has 78 valence electrons. The van der Waals surface area contributed by atoms with Crippen LogP contribution in [0.5, 0.6) is 0 Å². The zero-order valence-electron chi connectivity index (χ0n) is 9.03. The molecule has 0 spiro atoms. The highest BCUT2D eigenvalue weighted by molar-refractivity contribution is 5.73. The Morgan fingerprint density at radius 2 is 2.27 bits per heavy atom. The molecule has 1 aliphatic heterocycles. The van der Waals surface area contributed by atoms with Gasteiger partial charge in [-0.3, -0.25) is 4.99 Å². The van der Waals surface area contributed by atoms with Crippen LogP contribution < -0.4 is 5.32 Å². The fourth-order valence-corrected chi connectivity index (χ4v) is 1.32. The third kappa shape index (κ3) is 3.09. The van der Waals surface area contributed by atoms with Gasteiger partial charge in [0.2, 0.25) is 0 Å². The molecule has 0 atom stereocenters. The van der Waals surface area contributed by atoms with Gasteiger partial charge in [0.1, 0.15) is 0 Å². The van der Waals surface area contributed by atoms with Crippen LogP contribution in [0.2, 0.25) is 0 Å². The van der Waals surface area contributed by atoms with Gasteiger partial charge in [-0.25, -0.2) is 0 Å². The lowest BCUT2D eigenvalue weighted by molar-refractivity contribution is 0.981. The predicted octanol–water partition coefficient (Wildman–Crippen LogP) is 2.75. The Hall–Kier alpha value is -1.83. The Morgan fingerprint density at radius 3 is 2.93 bits per heavy atom. The van der Waals surface area contributed by atoms with Gasteiger partial charge in [-0.2, -0.15) is 0 Å². The maximum absolute atomic E-state index is 4.23. The van der Waals surface area contributed by atoms with E-state index in [2.05, 4.69) is 29.5 Å². The third-order valence-corrected chi connectivity index (χ3v) is 2.07. The molecule has 0 fully saturated rings. The van der Waals surface area contributed by atoms with Crippen molar-refractivity contribution < 1.29 is 0 Å². The molecule has 0 aliphatic carbocycles. The Balaban J connectivity index is 3.14. The van der Waals surface area contributed by atoms with E-state index in [0.717, 1.165) is 17.7 Å². The Kier molecular flexibility index (Phi) is 4.35. The molecule has 0 saturated heterocycles. The molecule has 1 N–H and O–H groups in total. The first kappa shape index (κ1) is 11.2. The van der Waals surface area contributed by atoms with Gasteiger partial charge in [0.15, 0.2) is 0 Å². The fraction of sp³-hybridized carbons (Fsp3) is 0.154. The van der Waals surface area contributed by atoms with Crippen molar-refractivity contribution >= 4 is 6.21 Å². The van der Waals surface area contributed by atoms with E-state index in [4.69, 9.17) is 0 Å². The zero-order valence-corrected chi connectivity index (χ0v) is 9.03. The molecule has 0 aromatic heterocycles. The smallest absolute Gasteiger partial charge is 0.0795 e. The van der Waals surface area contributed by atoms with E-state index in [1.165, 1.54) is 0 Å². The monoisotopic (exact) mass is 200 g/mol. The number of hydrogen-bond donors (Lipinski definition) is 1. The molecule has 2 nitrogen and oxygen atoms in total. The van der Waals surface area contributed by atoms with Crippen molar-refractivity contribution in [3.05, 3.63) is 60.5 Å². The number of likely N-dealkylation sites (N-methyl/N-ethyl adjacent to an activating group) is 1. The van der Waals surface area contributed by atoms with Gasteiger partial charge in [-0.15, -0.1) is 0 Å². The number of hydrogen-bond acceptors (Lipinski definition) is 2. The molecule has 1 heterocycles. The normalized spacial score (nSPS) is 25.8. The first-order valence-electron chi connectivity index (χ1n) is 4.89. The van der Waals surface area contributed by atoms with Gasteiger partial charge in [0, 0.05) is 13.3 Å². The van der Waals surface area contributed by atoms with Crippen molar-refractivity contribution in [1.29, 1.82) is 0 Å². The molecule has 0 bridgehead atoms. The largest absolute Gasteiger partial charge is 0.386 e. The molecule has 0 radical (unpaired) electrons. The maximum Gasteiger partial charge on any atom is 0.0795 e. The highest BCUT2D eigenvalue weighted by atomic mass is 14.9. The standard InChI is InChI=1S/C13H16N2/c1-4-12-9-7-5-6-8-10-15-11(2)13(12)14-3/h4,6-10,14H,1-2,5H2,3H3/b8-6-,9-7-,13-12+,15-10?. The molecule has 15 heavy (non-hydrogen) atoms. The first-order valence-corrected chi connectivity index (χ1v) is 4.89. The molecule has 0 unspecified atom stereocenters. The van der Waals surface area contributed by atoms with Crippen LogP contribution in [0.1, 0.15) is 6.42 Å². The van der Waals surface area contributed by atoms with Crippen molar-refractivity contribution in [3.8, 4) is 0 Å². The summed E-state index contributed by atoms with van der Waals surface area (Å²) in [5.74, 6) is 0. The van der Waals surface area contributed by atoms with E-state index in [0.29, 0.717) is 5.70 Å². The van der Waals surface area contributed by atoms with Gasteiger partial charge in [-0.1, -0.05) is 37.5 Å². The summed E-state index contributed by atoms with van der Waals surface area (Å²) < 4.78 is 0. The summed E-state index contributed by atoms with van der Waals surface area (Å²) in [5, 5.41) is 3.09. The van der Waals surface area contributed by atoms with E-state index in [1.54, 1.807) is 12.3 Å². The van der Waals surface area contributed by atoms with Crippen LogP contribution in [-0.4, -0.2) is 13.3 Å². The minimum absolute atomic E-state index is 0.712. The van der Waals surface area contributed by atoms with Crippen LogP contribution in [0.3, 0.4) is 0 Å². The van der Waals surface area contributed by atoms with Crippen LogP contribution >= 0.6 is 0 Å². The number of allylic oxidation sites excluding steroid dienone is 6. The molecular weight excluding hydrogens is 184 g/mol. The average Bonchev–Trinajstić information content (AvgIpc) is 2.26. The summed E-state index contributed by atoms with van der Waals surface area (Å²) >= 11 is 0. The van der Waals surface area contributed by atoms with Gasteiger partial charge in [0.05, 0.1) is 11.4 Å². The van der Waals surface area contributed by atoms with Crippen LogP contribution in [0.25, 0.3) is 0 Å². The Bertz CT molecular complexity index is 368. The minimum Gasteiger partial charge on any atom is -0.386 e.